The molecule has 0 spiro atoms. The van der Waals surface area contributed by atoms with Crippen LogP contribution in [0.1, 0.15) is 364 Å². The first-order valence-corrected chi connectivity index (χ1v) is 35.0. The smallest absolute Gasteiger partial charge is 0.399 e. The number of hydrogen-bond acceptors (Lipinski definition) is 4. The zero-order valence-corrected chi connectivity index (χ0v) is 54.6. The van der Waals surface area contributed by atoms with Gasteiger partial charge in [0.25, 0.3) is 0 Å². The summed E-state index contributed by atoms with van der Waals surface area (Å²) in [6.07, 6.45) is 57.7. The third-order valence-corrected chi connectivity index (χ3v) is 20.6. The molecule has 3 aliphatic rings. The molecule has 450 valence electrons. The van der Waals surface area contributed by atoms with Gasteiger partial charge in [-0.3, -0.25) is 0 Å². The number of benzene rings is 2. The number of rotatable bonds is 46. The Morgan fingerprint density at radius 3 is 0.747 bits per heavy atom. The van der Waals surface area contributed by atoms with Crippen LogP contribution in [0.15, 0.2) is 36.4 Å². The van der Waals surface area contributed by atoms with Crippen LogP contribution in [0, 0.1) is 11.8 Å². The average molecular weight is 1090 g/mol. The highest BCUT2D eigenvalue weighted by Crippen LogP contribution is 2.57. The van der Waals surface area contributed by atoms with Crippen LogP contribution in [-0.4, -0.2) is 36.6 Å². The lowest BCUT2D eigenvalue weighted by Gasteiger charge is -2.39. The lowest BCUT2D eigenvalue weighted by atomic mass is 9.63. The lowest BCUT2D eigenvalue weighted by Crippen LogP contribution is -2.41. The van der Waals surface area contributed by atoms with Crippen molar-refractivity contribution in [2.45, 2.75) is 381 Å². The van der Waals surface area contributed by atoms with Gasteiger partial charge in [-0.05, 0) is 113 Å². The van der Waals surface area contributed by atoms with Gasteiger partial charge in [0.2, 0.25) is 0 Å². The van der Waals surface area contributed by atoms with Crippen LogP contribution in [0.5, 0.6) is 0 Å². The first kappa shape index (κ1) is 68.2. The molecular formula is C73H128B2O4. The Bertz CT molecular complexity index is 1770. The highest BCUT2D eigenvalue weighted by Gasteiger charge is 2.55. The molecule has 5 rings (SSSR count). The highest BCUT2D eigenvalue weighted by atomic mass is 16.7. The average Bonchev–Trinajstić information content (AvgIpc) is 4.17. The maximum atomic E-state index is 6.94. The van der Waals surface area contributed by atoms with E-state index >= 15 is 0 Å². The summed E-state index contributed by atoms with van der Waals surface area (Å²) in [7, 11) is -0.784. The summed E-state index contributed by atoms with van der Waals surface area (Å²) in [5.74, 6) is 1.32. The first-order valence-electron chi connectivity index (χ1n) is 35.0. The van der Waals surface area contributed by atoms with E-state index in [1.807, 2.05) is 0 Å². The van der Waals surface area contributed by atoms with Crippen molar-refractivity contribution < 1.29 is 18.6 Å². The predicted octanol–water partition coefficient (Wildman–Crippen LogP) is 22.2. The fraction of sp³-hybridized carbons (Fsp3) is 0.836. The maximum absolute atomic E-state index is 6.94. The summed E-state index contributed by atoms with van der Waals surface area (Å²) in [5, 5.41) is 0. The van der Waals surface area contributed by atoms with E-state index in [2.05, 4.69) is 119 Å². The normalized spacial score (nSPS) is 18.4. The summed E-state index contributed by atoms with van der Waals surface area (Å²) in [6.45, 7) is 27.1. The van der Waals surface area contributed by atoms with Gasteiger partial charge < -0.3 is 18.6 Å². The SMILES string of the molecule is CCCCCCCCCCCCC(CCCCCCCCCC)CC1(CC(CCCCCCCCCC)CCCCCCCCCCCC)c2cc(B3OC(C)(C)C(C)(C)O3)ccc2-c2ccc(B3OC(C)(C)C(C)(C)O3)cc21. The molecule has 0 saturated carbocycles. The van der Waals surface area contributed by atoms with Crippen LogP contribution in [0.25, 0.3) is 11.1 Å². The molecule has 0 aromatic heterocycles. The summed E-state index contributed by atoms with van der Waals surface area (Å²) < 4.78 is 27.7. The number of fused-ring (bicyclic) bond motifs is 3. The fourth-order valence-corrected chi connectivity index (χ4v) is 14.0. The monoisotopic (exact) mass is 1090 g/mol. The van der Waals surface area contributed by atoms with Crippen LogP contribution in [0.2, 0.25) is 0 Å². The molecule has 2 aromatic carbocycles. The molecule has 2 aromatic rings. The molecular weight excluding hydrogens is 962 g/mol. The van der Waals surface area contributed by atoms with E-state index < -0.39 is 36.6 Å². The first-order chi connectivity index (χ1) is 38.0. The third-order valence-electron chi connectivity index (χ3n) is 20.6. The number of unbranched alkanes of at least 4 members (excludes halogenated alkanes) is 32. The van der Waals surface area contributed by atoms with Crippen LogP contribution >= 0.6 is 0 Å². The molecule has 2 saturated heterocycles. The largest absolute Gasteiger partial charge is 0.494 e. The van der Waals surface area contributed by atoms with Crippen molar-refractivity contribution >= 4 is 25.2 Å². The quantitative estimate of drug-likeness (QED) is 0.0489. The van der Waals surface area contributed by atoms with Crippen molar-refractivity contribution in [1.82, 2.24) is 0 Å². The van der Waals surface area contributed by atoms with Gasteiger partial charge in [0, 0.05) is 5.41 Å². The van der Waals surface area contributed by atoms with Crippen molar-refractivity contribution in [3.63, 3.8) is 0 Å². The summed E-state index contributed by atoms with van der Waals surface area (Å²) in [6, 6.07) is 14.9. The molecule has 0 radical (unpaired) electrons. The fourth-order valence-electron chi connectivity index (χ4n) is 14.0. The second kappa shape index (κ2) is 35.6. The third kappa shape index (κ3) is 21.5. The molecule has 2 aliphatic heterocycles. The van der Waals surface area contributed by atoms with E-state index in [-0.39, 0.29) is 5.41 Å². The molecule has 4 nitrogen and oxygen atoms in total. The lowest BCUT2D eigenvalue weighted by molar-refractivity contribution is 0.00578. The summed E-state index contributed by atoms with van der Waals surface area (Å²) >= 11 is 0. The minimum atomic E-state index is -0.402. The Morgan fingerprint density at radius 1 is 0.304 bits per heavy atom. The van der Waals surface area contributed by atoms with Gasteiger partial charge in [0.15, 0.2) is 0 Å². The maximum Gasteiger partial charge on any atom is 0.494 e. The molecule has 79 heavy (non-hydrogen) atoms. The van der Waals surface area contributed by atoms with Crippen LogP contribution in [-0.2, 0) is 24.0 Å². The van der Waals surface area contributed by atoms with Crippen LogP contribution < -0.4 is 10.9 Å². The van der Waals surface area contributed by atoms with Gasteiger partial charge in [-0.15, -0.1) is 0 Å². The molecule has 0 N–H and O–H groups in total. The van der Waals surface area contributed by atoms with E-state index in [9.17, 15) is 0 Å². The molecule has 6 heteroatoms. The molecule has 0 amide bonds. The van der Waals surface area contributed by atoms with Crippen LogP contribution in [0.4, 0.5) is 0 Å². The summed E-state index contributed by atoms with van der Waals surface area (Å²) in [5.41, 5.74) is 6.59. The standard InChI is InChI=1S/C73H128B2O4/c1-13-17-21-25-29-33-35-39-43-47-51-61(49-45-41-37-31-27-23-19-15-3)59-73(60-62(50-46-42-38-32-28-24-20-16-4)52-48-44-40-36-34-30-26-22-18-14-2)67-57-63(74-76-69(5,6)70(7,8)77-74)53-55-65(67)66-56-54-64(58-68(66)73)75-78-71(9,10)72(11,12)79-75/h53-58,61-62H,13-52,59-60H2,1-12H3. The Kier molecular flexibility index (Phi) is 30.8. The van der Waals surface area contributed by atoms with Gasteiger partial charge in [0.1, 0.15) is 0 Å². The molecule has 2 heterocycles. The molecule has 2 fully saturated rings. The number of hydrogen-bond donors (Lipinski definition) is 0. The van der Waals surface area contributed by atoms with E-state index in [0.29, 0.717) is 11.8 Å². The minimum absolute atomic E-state index is 0.142. The molecule has 1 aliphatic carbocycles. The van der Waals surface area contributed by atoms with E-state index in [1.165, 1.54) is 292 Å². The Morgan fingerprint density at radius 2 is 0.519 bits per heavy atom. The van der Waals surface area contributed by atoms with Gasteiger partial charge >= 0.3 is 14.2 Å². The van der Waals surface area contributed by atoms with Gasteiger partial charge in [0.05, 0.1) is 22.4 Å². The van der Waals surface area contributed by atoms with Gasteiger partial charge in [-0.1, -0.05) is 321 Å². The van der Waals surface area contributed by atoms with Crippen molar-refractivity contribution in [3.05, 3.63) is 47.5 Å². The predicted molar refractivity (Wildman–Crippen MR) is 348 cm³/mol. The zero-order valence-electron chi connectivity index (χ0n) is 54.6. The van der Waals surface area contributed by atoms with Crippen molar-refractivity contribution in [3.8, 4) is 11.1 Å². The second-order valence-corrected chi connectivity index (χ2v) is 28.5. The zero-order chi connectivity index (χ0) is 57.0. The van der Waals surface area contributed by atoms with Gasteiger partial charge in [-0.2, -0.15) is 0 Å². The van der Waals surface area contributed by atoms with E-state index in [4.69, 9.17) is 18.6 Å². The van der Waals surface area contributed by atoms with Crippen molar-refractivity contribution in [2.75, 3.05) is 0 Å². The molecule has 2 unspecified atom stereocenters. The Hall–Kier alpha value is -1.59. The molecule has 0 bridgehead atoms. The minimum Gasteiger partial charge on any atom is -0.399 e. The second-order valence-electron chi connectivity index (χ2n) is 28.5. The highest BCUT2D eigenvalue weighted by molar-refractivity contribution is 6.62. The van der Waals surface area contributed by atoms with Crippen molar-refractivity contribution in [2.24, 2.45) is 11.8 Å². The summed E-state index contributed by atoms with van der Waals surface area (Å²) in [4.78, 5) is 0. The van der Waals surface area contributed by atoms with Crippen molar-refractivity contribution in [1.29, 1.82) is 0 Å². The van der Waals surface area contributed by atoms with Gasteiger partial charge in [-0.25, -0.2) is 0 Å². The molecule has 2 atom stereocenters. The Labute approximate surface area is 492 Å². The van der Waals surface area contributed by atoms with Crippen LogP contribution in [0.3, 0.4) is 0 Å². The van der Waals surface area contributed by atoms with E-state index in [1.54, 1.807) is 11.1 Å². The Balaban J connectivity index is 1.56. The topological polar surface area (TPSA) is 36.9 Å². The van der Waals surface area contributed by atoms with E-state index in [0.717, 1.165) is 0 Å².